The molecule has 1 aromatic rings. The van der Waals surface area contributed by atoms with Gasteiger partial charge in [-0.05, 0) is 60.7 Å². The van der Waals surface area contributed by atoms with Crippen molar-refractivity contribution in [2.45, 2.75) is 65.2 Å². The van der Waals surface area contributed by atoms with Crippen LogP contribution >= 0.6 is 0 Å². The molecule has 3 unspecified atom stereocenters. The first kappa shape index (κ1) is 16.5. The number of hydrogen-bond acceptors (Lipinski definition) is 1. The van der Waals surface area contributed by atoms with Crippen LogP contribution in [0.2, 0.25) is 0 Å². The van der Waals surface area contributed by atoms with Gasteiger partial charge in [0.2, 0.25) is 0 Å². The SMILES string of the molecule is CCNCC1CCC(CC)CC1c1ccc(C(C)C)cc1. The van der Waals surface area contributed by atoms with E-state index in [0.717, 1.165) is 24.3 Å². The molecule has 0 heterocycles. The third kappa shape index (κ3) is 4.32. The molecule has 1 aromatic carbocycles. The lowest BCUT2D eigenvalue weighted by Gasteiger charge is -2.36. The molecule has 0 radical (unpaired) electrons. The molecule has 1 aliphatic carbocycles. The first-order chi connectivity index (χ1) is 10.2. The molecule has 0 amide bonds. The highest BCUT2D eigenvalue weighted by Gasteiger charge is 2.30. The van der Waals surface area contributed by atoms with Crippen LogP contribution in [-0.2, 0) is 0 Å². The zero-order chi connectivity index (χ0) is 15.2. The molecule has 1 heteroatoms. The molecule has 0 spiro atoms. The summed E-state index contributed by atoms with van der Waals surface area (Å²) in [5.74, 6) is 3.13. The van der Waals surface area contributed by atoms with Gasteiger partial charge in [-0.1, -0.05) is 64.8 Å². The predicted molar refractivity (Wildman–Crippen MR) is 92.9 cm³/mol. The van der Waals surface area contributed by atoms with E-state index in [-0.39, 0.29) is 0 Å². The monoisotopic (exact) mass is 287 g/mol. The normalized spacial score (nSPS) is 26.2. The van der Waals surface area contributed by atoms with Gasteiger partial charge < -0.3 is 5.32 Å². The molecule has 0 bridgehead atoms. The van der Waals surface area contributed by atoms with Crippen molar-refractivity contribution in [1.82, 2.24) is 5.32 Å². The summed E-state index contributed by atoms with van der Waals surface area (Å²) in [5.41, 5.74) is 3.03. The Bertz CT molecular complexity index is 406. The molecule has 0 saturated heterocycles. The third-order valence-electron chi connectivity index (χ3n) is 5.37. The van der Waals surface area contributed by atoms with Crippen molar-refractivity contribution in [3.05, 3.63) is 35.4 Å². The van der Waals surface area contributed by atoms with Gasteiger partial charge in [0.25, 0.3) is 0 Å². The van der Waals surface area contributed by atoms with E-state index in [1.807, 2.05) is 0 Å². The maximum atomic E-state index is 3.58. The van der Waals surface area contributed by atoms with Crippen LogP contribution in [-0.4, -0.2) is 13.1 Å². The summed E-state index contributed by atoms with van der Waals surface area (Å²) in [6.45, 7) is 11.4. The maximum absolute atomic E-state index is 3.58. The third-order valence-corrected chi connectivity index (χ3v) is 5.37. The van der Waals surface area contributed by atoms with Gasteiger partial charge in [-0.25, -0.2) is 0 Å². The minimum atomic E-state index is 0.631. The molecule has 118 valence electrons. The second-order valence-corrected chi connectivity index (χ2v) is 7.08. The standard InChI is InChI=1S/C20H33N/c1-5-16-7-8-19(14-21-6-2)20(13-16)18-11-9-17(10-12-18)15(3)4/h9-12,15-16,19-21H,5-8,13-14H2,1-4H3. The van der Waals surface area contributed by atoms with Gasteiger partial charge in [-0.3, -0.25) is 0 Å². The number of benzene rings is 1. The molecular weight excluding hydrogens is 254 g/mol. The molecule has 3 atom stereocenters. The maximum Gasteiger partial charge on any atom is -0.00148 e. The van der Waals surface area contributed by atoms with Crippen LogP contribution in [0.1, 0.15) is 76.3 Å². The predicted octanol–water partition coefficient (Wildman–Crippen LogP) is 5.33. The second-order valence-electron chi connectivity index (χ2n) is 7.08. The van der Waals surface area contributed by atoms with E-state index >= 15 is 0 Å². The Morgan fingerprint density at radius 3 is 2.38 bits per heavy atom. The van der Waals surface area contributed by atoms with Crippen molar-refractivity contribution in [1.29, 1.82) is 0 Å². The Kier molecular flexibility index (Phi) is 6.29. The molecule has 21 heavy (non-hydrogen) atoms. The van der Waals surface area contributed by atoms with Crippen molar-refractivity contribution in [3.63, 3.8) is 0 Å². The molecule has 1 saturated carbocycles. The van der Waals surface area contributed by atoms with Crippen LogP contribution in [0.4, 0.5) is 0 Å². The van der Waals surface area contributed by atoms with Crippen LogP contribution < -0.4 is 5.32 Å². The van der Waals surface area contributed by atoms with Gasteiger partial charge in [-0.15, -0.1) is 0 Å². The van der Waals surface area contributed by atoms with E-state index in [4.69, 9.17) is 0 Å². The van der Waals surface area contributed by atoms with Crippen molar-refractivity contribution in [2.75, 3.05) is 13.1 Å². The van der Waals surface area contributed by atoms with Gasteiger partial charge in [0, 0.05) is 0 Å². The highest BCUT2D eigenvalue weighted by Crippen LogP contribution is 2.41. The topological polar surface area (TPSA) is 12.0 Å². The zero-order valence-electron chi connectivity index (χ0n) is 14.4. The lowest BCUT2D eigenvalue weighted by molar-refractivity contribution is 0.226. The lowest BCUT2D eigenvalue weighted by atomic mass is 9.70. The minimum absolute atomic E-state index is 0.631. The van der Waals surface area contributed by atoms with E-state index in [2.05, 4.69) is 57.3 Å². The van der Waals surface area contributed by atoms with Crippen LogP contribution in [0, 0.1) is 11.8 Å². The van der Waals surface area contributed by atoms with E-state index in [1.54, 1.807) is 5.56 Å². The molecule has 0 aliphatic heterocycles. The summed E-state index contributed by atoms with van der Waals surface area (Å²) in [4.78, 5) is 0. The minimum Gasteiger partial charge on any atom is -0.317 e. The zero-order valence-corrected chi connectivity index (χ0v) is 14.4. The number of nitrogens with one attached hydrogen (secondary N) is 1. The molecule has 1 N–H and O–H groups in total. The molecular formula is C20H33N. The molecule has 0 aromatic heterocycles. The van der Waals surface area contributed by atoms with Gasteiger partial charge in [0.05, 0.1) is 0 Å². The number of rotatable bonds is 6. The molecule has 1 aliphatic rings. The average Bonchev–Trinajstić information content (AvgIpc) is 2.53. The van der Waals surface area contributed by atoms with Crippen molar-refractivity contribution >= 4 is 0 Å². The highest BCUT2D eigenvalue weighted by molar-refractivity contribution is 5.28. The Labute approximate surface area is 131 Å². The fraction of sp³-hybridized carbons (Fsp3) is 0.700. The Morgan fingerprint density at radius 2 is 1.81 bits per heavy atom. The summed E-state index contributed by atoms with van der Waals surface area (Å²) in [6.07, 6.45) is 5.54. The first-order valence-electron chi connectivity index (χ1n) is 8.96. The lowest BCUT2D eigenvalue weighted by Crippen LogP contribution is -2.32. The largest absolute Gasteiger partial charge is 0.317 e. The summed E-state index contributed by atoms with van der Waals surface area (Å²) in [7, 11) is 0. The van der Waals surface area contributed by atoms with E-state index in [1.165, 1.54) is 37.8 Å². The molecule has 2 rings (SSSR count). The number of hydrogen-bond donors (Lipinski definition) is 1. The second kappa shape index (κ2) is 7.98. The smallest absolute Gasteiger partial charge is 0.00148 e. The van der Waals surface area contributed by atoms with Crippen LogP contribution in [0.3, 0.4) is 0 Å². The molecule has 1 fully saturated rings. The van der Waals surface area contributed by atoms with E-state index < -0.39 is 0 Å². The Hall–Kier alpha value is -0.820. The van der Waals surface area contributed by atoms with Gasteiger partial charge in [-0.2, -0.15) is 0 Å². The quantitative estimate of drug-likeness (QED) is 0.745. The van der Waals surface area contributed by atoms with E-state index in [9.17, 15) is 0 Å². The van der Waals surface area contributed by atoms with Crippen LogP contribution in [0.15, 0.2) is 24.3 Å². The fourth-order valence-corrected chi connectivity index (χ4v) is 3.80. The summed E-state index contributed by atoms with van der Waals surface area (Å²) in [5, 5.41) is 3.58. The highest BCUT2D eigenvalue weighted by atomic mass is 14.8. The van der Waals surface area contributed by atoms with Crippen molar-refractivity contribution in [3.8, 4) is 0 Å². The van der Waals surface area contributed by atoms with Crippen molar-refractivity contribution < 1.29 is 0 Å². The molecule has 1 nitrogen and oxygen atoms in total. The van der Waals surface area contributed by atoms with E-state index in [0.29, 0.717) is 5.92 Å². The average molecular weight is 287 g/mol. The van der Waals surface area contributed by atoms with Crippen LogP contribution in [0.25, 0.3) is 0 Å². The van der Waals surface area contributed by atoms with Gasteiger partial charge in [0.15, 0.2) is 0 Å². The van der Waals surface area contributed by atoms with Gasteiger partial charge in [0.1, 0.15) is 0 Å². The Balaban J connectivity index is 2.13. The van der Waals surface area contributed by atoms with Crippen molar-refractivity contribution in [2.24, 2.45) is 11.8 Å². The summed E-state index contributed by atoms with van der Waals surface area (Å²) in [6, 6.07) is 9.49. The fourth-order valence-electron chi connectivity index (χ4n) is 3.80. The van der Waals surface area contributed by atoms with Gasteiger partial charge >= 0.3 is 0 Å². The first-order valence-corrected chi connectivity index (χ1v) is 8.96. The summed E-state index contributed by atoms with van der Waals surface area (Å²) >= 11 is 0. The summed E-state index contributed by atoms with van der Waals surface area (Å²) < 4.78 is 0. The van der Waals surface area contributed by atoms with Crippen LogP contribution in [0.5, 0.6) is 0 Å². The Morgan fingerprint density at radius 1 is 1.10 bits per heavy atom.